The highest BCUT2D eigenvalue weighted by Gasteiger charge is 2.37. The summed E-state index contributed by atoms with van der Waals surface area (Å²) in [7, 11) is 3.17. The molecule has 4 nitrogen and oxygen atoms in total. The molecular weight excluding hydrogens is 230 g/mol. The second kappa shape index (κ2) is 5.06. The highest BCUT2D eigenvalue weighted by Crippen LogP contribution is 2.47. The molecule has 18 heavy (non-hydrogen) atoms. The standard InChI is InChI=1S/C14H21NO3/c1-17-12-8-11(16)13(18-2)7-10(12)14(9-15)5-3-4-6-14/h7-8,16H,3-6,9,15H2,1-2H3. The SMILES string of the molecule is COc1cc(C2(CN)CCCC2)c(OC)cc1O. The van der Waals surface area contributed by atoms with Crippen LogP contribution in [0.1, 0.15) is 31.2 Å². The molecule has 3 N–H and O–H groups in total. The number of phenolic OH excluding ortho intramolecular Hbond substituents is 1. The number of benzene rings is 1. The zero-order chi connectivity index (χ0) is 13.2. The number of hydrogen-bond donors (Lipinski definition) is 2. The molecule has 0 saturated heterocycles. The van der Waals surface area contributed by atoms with Gasteiger partial charge in [-0.3, -0.25) is 0 Å². The summed E-state index contributed by atoms with van der Waals surface area (Å²) >= 11 is 0. The minimum absolute atomic E-state index is 0.0354. The van der Waals surface area contributed by atoms with Gasteiger partial charge >= 0.3 is 0 Å². The lowest BCUT2D eigenvalue weighted by Gasteiger charge is -2.30. The fourth-order valence-corrected chi connectivity index (χ4v) is 2.93. The number of aromatic hydroxyl groups is 1. The molecule has 1 aromatic carbocycles. The summed E-state index contributed by atoms with van der Waals surface area (Å²) < 4.78 is 10.6. The van der Waals surface area contributed by atoms with E-state index in [1.54, 1.807) is 20.3 Å². The molecule has 0 aliphatic heterocycles. The first-order chi connectivity index (χ1) is 8.66. The summed E-state index contributed by atoms with van der Waals surface area (Å²) in [4.78, 5) is 0. The predicted molar refractivity (Wildman–Crippen MR) is 70.4 cm³/mol. The van der Waals surface area contributed by atoms with Crippen molar-refractivity contribution in [3.05, 3.63) is 17.7 Å². The van der Waals surface area contributed by atoms with Crippen molar-refractivity contribution in [1.82, 2.24) is 0 Å². The lowest BCUT2D eigenvalue weighted by Crippen LogP contribution is -2.32. The van der Waals surface area contributed by atoms with Crippen LogP contribution < -0.4 is 15.2 Å². The third-order valence-corrected chi connectivity index (χ3v) is 4.02. The maximum absolute atomic E-state index is 9.81. The van der Waals surface area contributed by atoms with Gasteiger partial charge in [0.1, 0.15) is 5.75 Å². The molecule has 100 valence electrons. The van der Waals surface area contributed by atoms with Crippen molar-refractivity contribution in [3.8, 4) is 17.2 Å². The molecule has 1 fully saturated rings. The van der Waals surface area contributed by atoms with Crippen molar-refractivity contribution in [1.29, 1.82) is 0 Å². The smallest absolute Gasteiger partial charge is 0.161 e. The van der Waals surface area contributed by atoms with Crippen LogP contribution in [0.15, 0.2) is 12.1 Å². The summed E-state index contributed by atoms with van der Waals surface area (Å²) in [6, 6.07) is 3.48. The van der Waals surface area contributed by atoms with E-state index in [-0.39, 0.29) is 11.2 Å². The van der Waals surface area contributed by atoms with Crippen LogP contribution in [0.4, 0.5) is 0 Å². The minimum Gasteiger partial charge on any atom is -0.504 e. The van der Waals surface area contributed by atoms with Crippen molar-refractivity contribution in [3.63, 3.8) is 0 Å². The second-order valence-electron chi connectivity index (χ2n) is 4.92. The molecule has 0 atom stereocenters. The van der Waals surface area contributed by atoms with E-state index in [1.807, 2.05) is 6.07 Å². The largest absolute Gasteiger partial charge is 0.504 e. The molecule has 0 amide bonds. The van der Waals surface area contributed by atoms with Gasteiger partial charge in [0.15, 0.2) is 11.5 Å². The van der Waals surface area contributed by atoms with Crippen LogP contribution in [0.3, 0.4) is 0 Å². The highest BCUT2D eigenvalue weighted by molar-refractivity contribution is 5.53. The molecule has 4 heteroatoms. The molecule has 1 saturated carbocycles. The highest BCUT2D eigenvalue weighted by atomic mass is 16.5. The van der Waals surface area contributed by atoms with Crippen LogP contribution in [0.5, 0.6) is 17.2 Å². The molecule has 2 rings (SSSR count). The van der Waals surface area contributed by atoms with Crippen LogP contribution in [0.2, 0.25) is 0 Å². The number of hydrogen-bond acceptors (Lipinski definition) is 4. The first-order valence-electron chi connectivity index (χ1n) is 6.32. The maximum atomic E-state index is 9.81. The van der Waals surface area contributed by atoms with Crippen LogP contribution in [-0.4, -0.2) is 25.9 Å². The van der Waals surface area contributed by atoms with Gasteiger partial charge in [-0.25, -0.2) is 0 Å². The first kappa shape index (κ1) is 13.0. The maximum Gasteiger partial charge on any atom is 0.161 e. The Morgan fingerprint density at radius 1 is 1.17 bits per heavy atom. The molecule has 0 spiro atoms. The molecule has 1 aliphatic carbocycles. The van der Waals surface area contributed by atoms with E-state index in [0.29, 0.717) is 18.0 Å². The molecule has 0 aromatic heterocycles. The van der Waals surface area contributed by atoms with Gasteiger partial charge < -0.3 is 20.3 Å². The van der Waals surface area contributed by atoms with Crippen molar-refractivity contribution in [2.24, 2.45) is 5.73 Å². The summed E-state index contributed by atoms with van der Waals surface area (Å²) in [5.41, 5.74) is 7.01. The topological polar surface area (TPSA) is 64.7 Å². The van der Waals surface area contributed by atoms with E-state index in [0.717, 1.165) is 18.4 Å². The Balaban J connectivity index is 2.53. The Labute approximate surface area is 108 Å². The van der Waals surface area contributed by atoms with E-state index in [2.05, 4.69) is 0 Å². The van der Waals surface area contributed by atoms with Gasteiger partial charge in [-0.2, -0.15) is 0 Å². The van der Waals surface area contributed by atoms with Crippen LogP contribution in [0, 0.1) is 0 Å². The van der Waals surface area contributed by atoms with Crippen molar-refractivity contribution in [2.75, 3.05) is 20.8 Å². The molecule has 0 radical (unpaired) electrons. The average molecular weight is 251 g/mol. The quantitative estimate of drug-likeness (QED) is 0.861. The van der Waals surface area contributed by atoms with Crippen molar-refractivity contribution >= 4 is 0 Å². The molecule has 1 aliphatic rings. The van der Waals surface area contributed by atoms with Gasteiger partial charge in [-0.1, -0.05) is 12.8 Å². The third-order valence-electron chi connectivity index (χ3n) is 4.02. The molecule has 0 heterocycles. The first-order valence-corrected chi connectivity index (χ1v) is 6.32. The fourth-order valence-electron chi connectivity index (χ4n) is 2.93. The zero-order valence-corrected chi connectivity index (χ0v) is 11.0. The molecular formula is C14H21NO3. The Kier molecular flexibility index (Phi) is 3.66. The number of rotatable bonds is 4. The van der Waals surface area contributed by atoms with Gasteiger partial charge in [0.05, 0.1) is 14.2 Å². The lowest BCUT2D eigenvalue weighted by atomic mass is 9.78. The van der Waals surface area contributed by atoms with E-state index >= 15 is 0 Å². The number of ether oxygens (including phenoxy) is 2. The van der Waals surface area contributed by atoms with Crippen LogP contribution in [0.25, 0.3) is 0 Å². The van der Waals surface area contributed by atoms with Gasteiger partial charge in [-0.05, 0) is 18.9 Å². The number of phenols is 1. The zero-order valence-electron chi connectivity index (χ0n) is 11.0. The third kappa shape index (κ3) is 2.01. The summed E-state index contributed by atoms with van der Waals surface area (Å²) in [5.74, 6) is 1.27. The van der Waals surface area contributed by atoms with Crippen LogP contribution >= 0.6 is 0 Å². The number of nitrogens with two attached hydrogens (primary N) is 1. The van der Waals surface area contributed by atoms with Gasteiger partial charge in [-0.15, -0.1) is 0 Å². The van der Waals surface area contributed by atoms with E-state index in [1.165, 1.54) is 12.8 Å². The van der Waals surface area contributed by atoms with E-state index < -0.39 is 0 Å². The summed E-state index contributed by atoms with van der Waals surface area (Å²) in [5, 5.41) is 9.81. The minimum atomic E-state index is -0.0354. The van der Waals surface area contributed by atoms with E-state index in [4.69, 9.17) is 15.2 Å². The monoisotopic (exact) mass is 251 g/mol. The Bertz CT molecular complexity index is 425. The number of methoxy groups -OCH3 is 2. The molecule has 1 aromatic rings. The fraction of sp³-hybridized carbons (Fsp3) is 0.571. The summed E-state index contributed by atoms with van der Waals surface area (Å²) in [6.45, 7) is 0.595. The lowest BCUT2D eigenvalue weighted by molar-refractivity contribution is 0.350. The van der Waals surface area contributed by atoms with Gasteiger partial charge in [0.25, 0.3) is 0 Å². The Hall–Kier alpha value is -1.42. The second-order valence-corrected chi connectivity index (χ2v) is 4.92. The predicted octanol–water partition coefficient (Wildman–Crippen LogP) is 2.18. The van der Waals surface area contributed by atoms with Gasteiger partial charge in [0.2, 0.25) is 0 Å². The Morgan fingerprint density at radius 2 is 1.78 bits per heavy atom. The Morgan fingerprint density at radius 3 is 2.28 bits per heavy atom. The molecule has 0 unspecified atom stereocenters. The summed E-state index contributed by atoms with van der Waals surface area (Å²) in [6.07, 6.45) is 4.49. The molecule has 0 bridgehead atoms. The average Bonchev–Trinajstić information content (AvgIpc) is 2.88. The van der Waals surface area contributed by atoms with Gasteiger partial charge in [0, 0.05) is 23.6 Å². The normalized spacial score (nSPS) is 17.7. The van der Waals surface area contributed by atoms with E-state index in [9.17, 15) is 5.11 Å². The van der Waals surface area contributed by atoms with Crippen molar-refractivity contribution in [2.45, 2.75) is 31.1 Å². The van der Waals surface area contributed by atoms with Crippen LogP contribution in [-0.2, 0) is 5.41 Å². The van der Waals surface area contributed by atoms with Crippen molar-refractivity contribution < 1.29 is 14.6 Å².